The molecule has 0 radical (unpaired) electrons. The van der Waals surface area contributed by atoms with E-state index in [0.29, 0.717) is 6.42 Å². The van der Waals surface area contributed by atoms with Crippen molar-refractivity contribution in [1.82, 2.24) is 5.32 Å². The van der Waals surface area contributed by atoms with E-state index in [1.807, 2.05) is 0 Å². The summed E-state index contributed by atoms with van der Waals surface area (Å²) in [6.07, 6.45) is 0.325. The van der Waals surface area contributed by atoms with E-state index in [1.54, 1.807) is 13.8 Å². The van der Waals surface area contributed by atoms with Crippen molar-refractivity contribution in [3.63, 3.8) is 0 Å². The molecule has 0 aromatic carbocycles. The Hall–Kier alpha value is -0.860. The summed E-state index contributed by atoms with van der Waals surface area (Å²) in [4.78, 5) is 21.3. The highest BCUT2D eigenvalue weighted by molar-refractivity contribution is 6.05. The number of hydrogen-bond donors (Lipinski definition) is 1. The summed E-state index contributed by atoms with van der Waals surface area (Å²) in [6.45, 7) is 3.51. The van der Waals surface area contributed by atoms with E-state index in [2.05, 4.69) is 5.32 Å². The normalized spacial score (nSPS) is 24.2. The highest BCUT2D eigenvalue weighted by atomic mass is 16.2. The average Bonchev–Trinajstić information content (AvgIpc) is 1.79. The first kappa shape index (κ1) is 6.26. The molecule has 1 aliphatic heterocycles. The monoisotopic (exact) mass is 127 g/mol. The Morgan fingerprint density at radius 1 is 1.44 bits per heavy atom. The number of carbonyl (C=O) groups excluding carboxylic acids is 2. The van der Waals surface area contributed by atoms with Crippen molar-refractivity contribution >= 4 is 11.8 Å². The fourth-order valence-corrected chi connectivity index (χ4v) is 0.822. The lowest BCUT2D eigenvalue weighted by atomic mass is 9.92. The first-order valence-corrected chi connectivity index (χ1v) is 2.87. The molecule has 3 heteroatoms. The molecule has 0 saturated carbocycles. The Bertz CT molecular complexity index is 172. The van der Waals surface area contributed by atoms with E-state index in [4.69, 9.17) is 0 Å². The fourth-order valence-electron chi connectivity index (χ4n) is 0.822. The summed E-state index contributed by atoms with van der Waals surface area (Å²) >= 11 is 0. The van der Waals surface area contributed by atoms with Gasteiger partial charge in [-0.05, 0) is 0 Å². The maximum atomic E-state index is 10.8. The third-order valence-electron chi connectivity index (χ3n) is 1.47. The summed E-state index contributed by atoms with van der Waals surface area (Å²) in [6, 6.07) is 0. The van der Waals surface area contributed by atoms with E-state index >= 15 is 0 Å². The molecule has 0 spiro atoms. The standard InChI is InChI=1S/C6H9NO2/c1-6(2)3-4(8)7-5(6)9/h3H2,1-2H3,(H,7,8,9). The van der Waals surface area contributed by atoms with Crippen molar-refractivity contribution < 1.29 is 9.59 Å². The van der Waals surface area contributed by atoms with Gasteiger partial charge >= 0.3 is 0 Å². The molecule has 2 amide bonds. The summed E-state index contributed by atoms with van der Waals surface area (Å²) in [5.74, 6) is -0.322. The molecule has 1 saturated heterocycles. The number of rotatable bonds is 0. The zero-order valence-electron chi connectivity index (χ0n) is 5.52. The molecule has 0 aromatic rings. The van der Waals surface area contributed by atoms with E-state index in [1.165, 1.54) is 0 Å². The molecule has 1 heterocycles. The second-order valence-corrected chi connectivity index (χ2v) is 2.94. The van der Waals surface area contributed by atoms with Crippen LogP contribution in [0.25, 0.3) is 0 Å². The smallest absolute Gasteiger partial charge is 0.232 e. The maximum absolute atomic E-state index is 10.8. The third-order valence-corrected chi connectivity index (χ3v) is 1.47. The minimum atomic E-state index is -0.475. The van der Waals surface area contributed by atoms with Gasteiger partial charge in [-0.25, -0.2) is 0 Å². The van der Waals surface area contributed by atoms with Gasteiger partial charge in [-0.15, -0.1) is 0 Å². The molecular weight excluding hydrogens is 118 g/mol. The van der Waals surface area contributed by atoms with Crippen molar-refractivity contribution in [2.24, 2.45) is 5.41 Å². The van der Waals surface area contributed by atoms with Gasteiger partial charge in [-0.2, -0.15) is 0 Å². The number of nitrogens with one attached hydrogen (secondary N) is 1. The number of imide groups is 1. The van der Waals surface area contributed by atoms with Gasteiger partial charge in [0.25, 0.3) is 0 Å². The van der Waals surface area contributed by atoms with Gasteiger partial charge in [-0.3, -0.25) is 14.9 Å². The summed E-state index contributed by atoms with van der Waals surface area (Å²) in [5, 5.41) is 2.23. The second-order valence-electron chi connectivity index (χ2n) is 2.94. The largest absolute Gasteiger partial charge is 0.296 e. The Labute approximate surface area is 53.4 Å². The quantitative estimate of drug-likeness (QED) is 0.468. The van der Waals surface area contributed by atoms with E-state index < -0.39 is 5.41 Å². The molecule has 0 atom stereocenters. The van der Waals surface area contributed by atoms with Gasteiger partial charge in [0.15, 0.2) is 0 Å². The van der Waals surface area contributed by atoms with Crippen molar-refractivity contribution in [2.75, 3.05) is 0 Å². The van der Waals surface area contributed by atoms with Crippen LogP contribution in [0.2, 0.25) is 0 Å². The lowest BCUT2D eigenvalue weighted by molar-refractivity contribution is -0.127. The number of carbonyl (C=O) groups is 2. The molecule has 0 bridgehead atoms. The number of amides is 2. The molecule has 1 fully saturated rings. The lowest BCUT2D eigenvalue weighted by Crippen LogP contribution is -2.26. The molecule has 0 unspecified atom stereocenters. The van der Waals surface area contributed by atoms with Crippen LogP contribution in [0.5, 0.6) is 0 Å². The Morgan fingerprint density at radius 2 is 2.00 bits per heavy atom. The highest BCUT2D eigenvalue weighted by Gasteiger charge is 2.37. The van der Waals surface area contributed by atoms with Gasteiger partial charge in [-0.1, -0.05) is 13.8 Å². The van der Waals surface area contributed by atoms with E-state index in [0.717, 1.165) is 0 Å². The van der Waals surface area contributed by atoms with Crippen molar-refractivity contribution in [1.29, 1.82) is 0 Å². The Balaban J connectivity index is 2.81. The molecule has 50 valence electrons. The topological polar surface area (TPSA) is 46.2 Å². The average molecular weight is 127 g/mol. The molecule has 1 rings (SSSR count). The predicted octanol–water partition coefficient (Wildman–Crippen LogP) is 0.0591. The first-order valence-electron chi connectivity index (χ1n) is 2.87. The molecule has 1 N–H and O–H groups in total. The van der Waals surface area contributed by atoms with E-state index in [9.17, 15) is 9.59 Å². The van der Waals surface area contributed by atoms with Crippen LogP contribution >= 0.6 is 0 Å². The molecule has 9 heavy (non-hydrogen) atoms. The van der Waals surface area contributed by atoms with Gasteiger partial charge in [0.05, 0.1) is 5.41 Å². The van der Waals surface area contributed by atoms with Gasteiger partial charge in [0.1, 0.15) is 0 Å². The molecule has 1 aliphatic rings. The summed E-state index contributed by atoms with van der Waals surface area (Å²) in [7, 11) is 0. The van der Waals surface area contributed by atoms with Crippen LogP contribution in [0.15, 0.2) is 0 Å². The maximum Gasteiger partial charge on any atom is 0.232 e. The third kappa shape index (κ3) is 0.943. The molecular formula is C6H9NO2. The van der Waals surface area contributed by atoms with Crippen LogP contribution in [-0.2, 0) is 9.59 Å². The zero-order chi connectivity index (χ0) is 7.07. The minimum Gasteiger partial charge on any atom is -0.296 e. The van der Waals surface area contributed by atoms with Crippen LogP contribution in [0, 0.1) is 5.41 Å². The van der Waals surface area contributed by atoms with Crippen LogP contribution in [0.1, 0.15) is 20.3 Å². The lowest BCUT2D eigenvalue weighted by Gasteiger charge is -2.08. The van der Waals surface area contributed by atoms with Crippen molar-refractivity contribution in [3.8, 4) is 0 Å². The van der Waals surface area contributed by atoms with Crippen molar-refractivity contribution in [3.05, 3.63) is 0 Å². The molecule has 0 aliphatic carbocycles. The zero-order valence-corrected chi connectivity index (χ0v) is 5.52. The summed E-state index contributed by atoms with van der Waals surface area (Å²) in [5.41, 5.74) is -0.475. The van der Waals surface area contributed by atoms with Crippen molar-refractivity contribution in [2.45, 2.75) is 20.3 Å². The Morgan fingerprint density at radius 3 is 2.11 bits per heavy atom. The van der Waals surface area contributed by atoms with Crippen LogP contribution in [-0.4, -0.2) is 11.8 Å². The summed E-state index contributed by atoms with van der Waals surface area (Å²) < 4.78 is 0. The Kier molecular flexibility index (Phi) is 1.08. The number of hydrogen-bond acceptors (Lipinski definition) is 2. The SMILES string of the molecule is CC1(C)CC(=O)NC1=O. The van der Waals surface area contributed by atoms with Gasteiger partial charge < -0.3 is 0 Å². The second kappa shape index (κ2) is 1.56. The van der Waals surface area contributed by atoms with Gasteiger partial charge in [0.2, 0.25) is 11.8 Å². The van der Waals surface area contributed by atoms with Crippen LogP contribution in [0.4, 0.5) is 0 Å². The highest BCUT2D eigenvalue weighted by Crippen LogP contribution is 2.24. The fraction of sp³-hybridized carbons (Fsp3) is 0.667. The predicted molar refractivity (Wildman–Crippen MR) is 31.5 cm³/mol. The van der Waals surface area contributed by atoms with Crippen LogP contribution in [0.3, 0.4) is 0 Å². The molecule has 3 nitrogen and oxygen atoms in total. The minimum absolute atomic E-state index is 0.160. The van der Waals surface area contributed by atoms with E-state index in [-0.39, 0.29) is 11.8 Å². The molecule has 0 aromatic heterocycles. The van der Waals surface area contributed by atoms with Gasteiger partial charge in [0, 0.05) is 6.42 Å². The first-order chi connectivity index (χ1) is 4.02. The van der Waals surface area contributed by atoms with Crippen LogP contribution < -0.4 is 5.32 Å².